The van der Waals surface area contributed by atoms with Gasteiger partial charge in [-0.2, -0.15) is 0 Å². The molecule has 0 aromatic carbocycles. The van der Waals surface area contributed by atoms with E-state index in [2.05, 4.69) is 36.6 Å². The summed E-state index contributed by atoms with van der Waals surface area (Å²) < 4.78 is 0. The van der Waals surface area contributed by atoms with Crippen molar-refractivity contribution in [3.63, 3.8) is 0 Å². The van der Waals surface area contributed by atoms with E-state index in [-0.39, 0.29) is 0 Å². The van der Waals surface area contributed by atoms with Gasteiger partial charge < -0.3 is 10.6 Å². The Hall–Kier alpha value is -0.340. The van der Waals surface area contributed by atoms with Crippen molar-refractivity contribution >= 4 is 0 Å². The topological polar surface area (TPSA) is 24.1 Å². The highest BCUT2D eigenvalue weighted by atomic mass is 14.9. The molecule has 0 unspecified atom stereocenters. The van der Waals surface area contributed by atoms with Crippen molar-refractivity contribution in [3.8, 4) is 0 Å². The molecule has 0 aliphatic heterocycles. The highest BCUT2D eigenvalue weighted by molar-refractivity contribution is 4.81. The van der Waals surface area contributed by atoms with Crippen molar-refractivity contribution in [2.24, 2.45) is 0 Å². The summed E-state index contributed by atoms with van der Waals surface area (Å²) in [5, 5.41) is 7.16. The second-order valence-corrected chi connectivity index (χ2v) is 8.85. The third kappa shape index (κ3) is 27.7. The van der Waals surface area contributed by atoms with Gasteiger partial charge in [0.1, 0.15) is 0 Å². The number of unbranched alkanes of at least 4 members (excludes halogenated alkanes) is 15. The minimum absolute atomic E-state index is 1.17. The molecule has 0 saturated carbocycles. The van der Waals surface area contributed by atoms with Crippen molar-refractivity contribution in [2.75, 3.05) is 26.2 Å². The summed E-state index contributed by atoms with van der Waals surface area (Å²) in [5.41, 5.74) is 0. The Morgan fingerprint density at radius 3 is 1.21 bits per heavy atom. The van der Waals surface area contributed by atoms with Crippen molar-refractivity contribution in [3.05, 3.63) is 12.2 Å². The van der Waals surface area contributed by atoms with Gasteiger partial charge in [0.05, 0.1) is 0 Å². The maximum atomic E-state index is 3.60. The minimum atomic E-state index is 1.17. The van der Waals surface area contributed by atoms with Gasteiger partial charge in [-0.1, -0.05) is 103 Å². The summed E-state index contributed by atoms with van der Waals surface area (Å²) in [6, 6.07) is 0. The molecule has 0 rings (SSSR count). The number of hydrogen-bond donors (Lipinski definition) is 2. The van der Waals surface area contributed by atoms with E-state index in [1.807, 2.05) is 0 Å². The van der Waals surface area contributed by atoms with Gasteiger partial charge in [-0.15, -0.1) is 0 Å². The second kappa shape index (κ2) is 27.7. The summed E-state index contributed by atoms with van der Waals surface area (Å²) >= 11 is 0. The molecule has 0 aromatic heterocycles. The predicted octanol–water partition coefficient (Wildman–Crippen LogP) is 8.17. The number of allylic oxidation sites excluding steroid dienone is 2. The summed E-state index contributed by atoms with van der Waals surface area (Å²) in [6.07, 6.45) is 31.0. The predicted molar refractivity (Wildman–Crippen MR) is 134 cm³/mol. The number of hydrogen-bond acceptors (Lipinski definition) is 2. The molecule has 0 spiro atoms. The maximum absolute atomic E-state index is 3.60. The molecule has 0 heterocycles. The average Bonchev–Trinajstić information content (AvgIpc) is 2.74. The Morgan fingerprint density at radius 2 is 0.724 bits per heavy atom. The SMILES string of the molecule is CCCCCCCCC=CCCCCCCCCNCCCNCCCCCC. The molecule has 0 bridgehead atoms. The first kappa shape index (κ1) is 28.7. The van der Waals surface area contributed by atoms with Crippen molar-refractivity contribution < 1.29 is 0 Å². The minimum Gasteiger partial charge on any atom is -0.317 e. The van der Waals surface area contributed by atoms with Crippen LogP contribution in [-0.4, -0.2) is 26.2 Å². The van der Waals surface area contributed by atoms with E-state index in [4.69, 9.17) is 0 Å². The van der Waals surface area contributed by atoms with Gasteiger partial charge in [0.25, 0.3) is 0 Å². The highest BCUT2D eigenvalue weighted by Crippen LogP contribution is 2.09. The van der Waals surface area contributed by atoms with E-state index in [9.17, 15) is 0 Å². The molecule has 0 atom stereocenters. The van der Waals surface area contributed by atoms with E-state index in [1.165, 1.54) is 148 Å². The average molecular weight is 409 g/mol. The van der Waals surface area contributed by atoms with Gasteiger partial charge >= 0.3 is 0 Å². The standard InChI is InChI=1S/C27H56N2/c1-3-5-7-9-10-11-12-13-14-15-16-17-18-19-20-22-25-29-27-23-26-28-24-21-8-6-4-2/h13-14,28-29H,3-12,15-27H2,1-2H3. The smallest absolute Gasteiger partial charge is 0.00368 e. The molecule has 0 radical (unpaired) electrons. The zero-order valence-corrected chi connectivity index (χ0v) is 20.4. The van der Waals surface area contributed by atoms with Crippen LogP contribution in [0.3, 0.4) is 0 Å². The summed E-state index contributed by atoms with van der Waals surface area (Å²) in [5.74, 6) is 0. The van der Waals surface area contributed by atoms with Crippen LogP contribution in [0.4, 0.5) is 0 Å². The largest absolute Gasteiger partial charge is 0.317 e. The van der Waals surface area contributed by atoms with E-state index in [0.717, 1.165) is 0 Å². The summed E-state index contributed by atoms with van der Waals surface area (Å²) in [7, 11) is 0. The number of nitrogens with one attached hydrogen (secondary N) is 2. The molecule has 174 valence electrons. The first-order chi connectivity index (χ1) is 14.4. The summed E-state index contributed by atoms with van der Waals surface area (Å²) in [6.45, 7) is 9.32. The fraction of sp³-hybridized carbons (Fsp3) is 0.926. The van der Waals surface area contributed by atoms with Crippen LogP contribution in [-0.2, 0) is 0 Å². The normalized spacial score (nSPS) is 11.7. The lowest BCUT2D eigenvalue weighted by Gasteiger charge is -2.06. The third-order valence-electron chi connectivity index (χ3n) is 5.78. The molecule has 29 heavy (non-hydrogen) atoms. The molecule has 2 heteroatoms. The molecule has 2 nitrogen and oxygen atoms in total. The monoisotopic (exact) mass is 408 g/mol. The second-order valence-electron chi connectivity index (χ2n) is 8.85. The maximum Gasteiger partial charge on any atom is -0.00368 e. The Labute approximate surface area is 185 Å². The summed E-state index contributed by atoms with van der Waals surface area (Å²) in [4.78, 5) is 0. The van der Waals surface area contributed by atoms with Crippen LogP contribution in [0.2, 0.25) is 0 Å². The first-order valence-corrected chi connectivity index (χ1v) is 13.5. The van der Waals surface area contributed by atoms with Gasteiger partial charge in [0.15, 0.2) is 0 Å². The van der Waals surface area contributed by atoms with E-state index >= 15 is 0 Å². The van der Waals surface area contributed by atoms with Crippen LogP contribution in [0.25, 0.3) is 0 Å². The highest BCUT2D eigenvalue weighted by Gasteiger charge is 1.93. The number of rotatable bonds is 25. The molecule has 0 aromatic rings. The third-order valence-corrected chi connectivity index (χ3v) is 5.78. The lowest BCUT2D eigenvalue weighted by Crippen LogP contribution is -2.23. The van der Waals surface area contributed by atoms with Crippen molar-refractivity contribution in [2.45, 2.75) is 136 Å². The lowest BCUT2D eigenvalue weighted by molar-refractivity contribution is 0.541. The molecule has 0 aliphatic rings. The molecule has 0 aliphatic carbocycles. The Morgan fingerprint density at radius 1 is 0.379 bits per heavy atom. The van der Waals surface area contributed by atoms with Gasteiger partial charge in [-0.25, -0.2) is 0 Å². The molecular formula is C27H56N2. The molecule has 2 N–H and O–H groups in total. The van der Waals surface area contributed by atoms with Crippen LogP contribution >= 0.6 is 0 Å². The Balaban J connectivity index is 3.04. The Kier molecular flexibility index (Phi) is 27.3. The molecule has 0 amide bonds. The van der Waals surface area contributed by atoms with Gasteiger partial charge in [0, 0.05) is 0 Å². The van der Waals surface area contributed by atoms with E-state index in [0.29, 0.717) is 0 Å². The molecular weight excluding hydrogens is 352 g/mol. The van der Waals surface area contributed by atoms with Crippen LogP contribution in [0.5, 0.6) is 0 Å². The van der Waals surface area contributed by atoms with Gasteiger partial charge in [-0.3, -0.25) is 0 Å². The van der Waals surface area contributed by atoms with Gasteiger partial charge in [0.2, 0.25) is 0 Å². The zero-order chi connectivity index (χ0) is 21.1. The van der Waals surface area contributed by atoms with Crippen LogP contribution in [0, 0.1) is 0 Å². The first-order valence-electron chi connectivity index (χ1n) is 13.5. The van der Waals surface area contributed by atoms with Crippen LogP contribution in [0.1, 0.15) is 136 Å². The fourth-order valence-electron chi connectivity index (χ4n) is 3.76. The van der Waals surface area contributed by atoms with E-state index in [1.54, 1.807) is 0 Å². The molecule has 0 fully saturated rings. The van der Waals surface area contributed by atoms with Crippen LogP contribution in [0.15, 0.2) is 12.2 Å². The quantitative estimate of drug-likeness (QED) is 0.117. The van der Waals surface area contributed by atoms with Crippen molar-refractivity contribution in [1.29, 1.82) is 0 Å². The molecule has 0 saturated heterocycles. The fourth-order valence-corrected chi connectivity index (χ4v) is 3.76. The van der Waals surface area contributed by atoms with E-state index < -0.39 is 0 Å². The lowest BCUT2D eigenvalue weighted by atomic mass is 10.1. The van der Waals surface area contributed by atoms with Crippen LogP contribution < -0.4 is 10.6 Å². The Bertz CT molecular complexity index is 301. The van der Waals surface area contributed by atoms with Gasteiger partial charge in [-0.05, 0) is 71.1 Å². The zero-order valence-electron chi connectivity index (χ0n) is 20.4. The van der Waals surface area contributed by atoms with Crippen molar-refractivity contribution in [1.82, 2.24) is 10.6 Å².